The maximum Gasteiger partial charge on any atom is 0.0812 e. The Morgan fingerprint density at radius 1 is 0.906 bits per heavy atom. The fraction of sp³-hybridized carbons (Fsp3) is 0.115. The van der Waals surface area contributed by atoms with E-state index in [2.05, 4.69) is 16.7 Å². The first kappa shape index (κ1) is 21.4. The lowest BCUT2D eigenvalue weighted by atomic mass is 10.1. The van der Waals surface area contributed by atoms with Crippen LogP contribution in [0.1, 0.15) is 0 Å². The molecule has 0 saturated heterocycles. The molecule has 0 aliphatic heterocycles. The van der Waals surface area contributed by atoms with Crippen molar-refractivity contribution >= 4 is 56.8 Å². The lowest BCUT2D eigenvalue weighted by Gasteiger charge is -2.14. The summed E-state index contributed by atoms with van der Waals surface area (Å²) in [7, 11) is 0. The third-order valence-corrected chi connectivity index (χ3v) is 7.08. The Labute approximate surface area is 200 Å². The number of hydrogen-bond acceptors (Lipinski definition) is 3. The molecular formula is C26H20Cl2N2OS. The number of para-hydroxylation sites is 1. The van der Waals surface area contributed by atoms with Crippen LogP contribution in [0.15, 0.2) is 90.0 Å². The molecule has 2 heterocycles. The van der Waals surface area contributed by atoms with E-state index in [4.69, 9.17) is 28.2 Å². The standard InChI is InChI=1S/C26H20Cl2N2OS/c27-19-7-5-17(6-8-19)24-14-26(22-3-1-2-4-23(22)29-24)32-16-21(31)15-30-12-11-18-13-20(28)9-10-25(18)30/h1-14,21,31H,15-16H2. The van der Waals surface area contributed by atoms with Crippen molar-refractivity contribution in [1.82, 2.24) is 9.55 Å². The minimum Gasteiger partial charge on any atom is -0.390 e. The number of aliphatic hydroxyl groups is 1. The van der Waals surface area contributed by atoms with E-state index in [0.29, 0.717) is 22.3 Å². The maximum atomic E-state index is 10.8. The quantitative estimate of drug-likeness (QED) is 0.260. The Bertz CT molecular complexity index is 1400. The van der Waals surface area contributed by atoms with Gasteiger partial charge in [0, 0.05) is 55.3 Å². The second kappa shape index (κ2) is 9.16. The number of aromatic nitrogens is 2. The molecule has 0 amide bonds. The second-order valence-corrected chi connectivity index (χ2v) is 9.60. The summed E-state index contributed by atoms with van der Waals surface area (Å²) in [4.78, 5) is 5.93. The zero-order valence-electron chi connectivity index (χ0n) is 17.1. The first-order chi connectivity index (χ1) is 15.6. The molecule has 6 heteroatoms. The van der Waals surface area contributed by atoms with E-state index < -0.39 is 6.10 Å². The van der Waals surface area contributed by atoms with Gasteiger partial charge in [-0.15, -0.1) is 11.8 Å². The van der Waals surface area contributed by atoms with Gasteiger partial charge in [0.2, 0.25) is 0 Å². The molecular weight excluding hydrogens is 459 g/mol. The van der Waals surface area contributed by atoms with Crippen LogP contribution in [0.4, 0.5) is 0 Å². The van der Waals surface area contributed by atoms with Crippen LogP contribution in [-0.2, 0) is 6.54 Å². The molecule has 1 atom stereocenters. The van der Waals surface area contributed by atoms with Crippen molar-refractivity contribution < 1.29 is 5.11 Å². The van der Waals surface area contributed by atoms with Crippen molar-refractivity contribution in [2.45, 2.75) is 17.5 Å². The number of thioether (sulfide) groups is 1. The van der Waals surface area contributed by atoms with Gasteiger partial charge in [0.1, 0.15) is 0 Å². The Kier molecular flexibility index (Phi) is 6.11. The molecule has 0 bridgehead atoms. The summed E-state index contributed by atoms with van der Waals surface area (Å²) in [5.74, 6) is 0.571. The number of fused-ring (bicyclic) bond motifs is 2. The highest BCUT2D eigenvalue weighted by Gasteiger charge is 2.12. The Morgan fingerprint density at radius 2 is 1.69 bits per heavy atom. The summed E-state index contributed by atoms with van der Waals surface area (Å²) >= 11 is 13.8. The summed E-state index contributed by atoms with van der Waals surface area (Å²) in [5, 5.41) is 14.4. The average Bonchev–Trinajstić information content (AvgIpc) is 3.19. The lowest BCUT2D eigenvalue weighted by molar-refractivity contribution is 0.180. The minimum absolute atomic E-state index is 0.503. The zero-order valence-corrected chi connectivity index (χ0v) is 19.4. The summed E-state index contributed by atoms with van der Waals surface area (Å²) < 4.78 is 2.07. The lowest BCUT2D eigenvalue weighted by Crippen LogP contribution is -2.17. The van der Waals surface area contributed by atoms with Crippen LogP contribution in [0.2, 0.25) is 10.0 Å². The molecule has 5 aromatic rings. The minimum atomic E-state index is -0.503. The van der Waals surface area contributed by atoms with Gasteiger partial charge in [-0.25, -0.2) is 4.98 Å². The highest BCUT2D eigenvalue weighted by molar-refractivity contribution is 7.99. The van der Waals surface area contributed by atoms with Crippen molar-refractivity contribution in [2.24, 2.45) is 0 Å². The SMILES string of the molecule is OC(CSc1cc(-c2ccc(Cl)cc2)nc2ccccc12)Cn1ccc2cc(Cl)ccc21. The van der Waals surface area contributed by atoms with Gasteiger partial charge in [0.15, 0.2) is 0 Å². The predicted molar refractivity (Wildman–Crippen MR) is 136 cm³/mol. The van der Waals surface area contributed by atoms with Crippen molar-refractivity contribution in [3.63, 3.8) is 0 Å². The first-order valence-corrected chi connectivity index (χ1v) is 12.0. The molecule has 2 aromatic heterocycles. The van der Waals surface area contributed by atoms with E-state index in [0.717, 1.165) is 38.0 Å². The van der Waals surface area contributed by atoms with Crippen molar-refractivity contribution in [3.05, 3.63) is 95.1 Å². The Balaban J connectivity index is 1.38. The van der Waals surface area contributed by atoms with Gasteiger partial charge in [0.05, 0.1) is 17.3 Å². The van der Waals surface area contributed by atoms with E-state index in [1.165, 1.54) is 0 Å². The van der Waals surface area contributed by atoms with Gasteiger partial charge in [-0.1, -0.05) is 53.5 Å². The summed E-state index contributed by atoms with van der Waals surface area (Å²) in [6, 6.07) is 25.7. The monoisotopic (exact) mass is 478 g/mol. The Morgan fingerprint density at radius 3 is 2.53 bits per heavy atom. The second-order valence-electron chi connectivity index (χ2n) is 7.67. The number of aliphatic hydroxyl groups excluding tert-OH is 1. The van der Waals surface area contributed by atoms with E-state index in [-0.39, 0.29) is 0 Å². The van der Waals surface area contributed by atoms with Gasteiger partial charge in [-0.3, -0.25) is 0 Å². The molecule has 0 aliphatic carbocycles. The predicted octanol–water partition coefficient (Wildman–Crippen LogP) is 7.32. The zero-order chi connectivity index (χ0) is 22.1. The first-order valence-electron chi connectivity index (χ1n) is 10.3. The van der Waals surface area contributed by atoms with Gasteiger partial charge in [-0.2, -0.15) is 0 Å². The molecule has 5 rings (SSSR count). The summed E-state index contributed by atoms with van der Waals surface area (Å²) in [6.07, 6.45) is 1.49. The molecule has 0 saturated carbocycles. The van der Waals surface area contributed by atoms with Crippen molar-refractivity contribution in [2.75, 3.05) is 5.75 Å². The van der Waals surface area contributed by atoms with E-state index >= 15 is 0 Å². The number of rotatable bonds is 6. The molecule has 3 aromatic carbocycles. The Hall–Kier alpha value is -2.50. The van der Waals surface area contributed by atoms with Crippen LogP contribution in [0.5, 0.6) is 0 Å². The number of hydrogen-bond donors (Lipinski definition) is 1. The largest absolute Gasteiger partial charge is 0.390 e. The fourth-order valence-electron chi connectivity index (χ4n) is 3.83. The molecule has 3 nitrogen and oxygen atoms in total. The van der Waals surface area contributed by atoms with Gasteiger partial charge < -0.3 is 9.67 Å². The van der Waals surface area contributed by atoms with Crippen molar-refractivity contribution in [3.8, 4) is 11.3 Å². The fourth-order valence-corrected chi connectivity index (χ4v) is 5.13. The molecule has 160 valence electrons. The van der Waals surface area contributed by atoms with Crippen molar-refractivity contribution in [1.29, 1.82) is 0 Å². The molecule has 1 unspecified atom stereocenters. The summed E-state index contributed by atoms with van der Waals surface area (Å²) in [6.45, 7) is 0.519. The van der Waals surface area contributed by atoms with E-state index in [1.807, 2.05) is 72.9 Å². The number of pyridine rings is 1. The number of halogens is 2. The third-order valence-electron chi connectivity index (χ3n) is 5.39. The average molecular weight is 479 g/mol. The van der Waals surface area contributed by atoms with E-state index in [1.54, 1.807) is 11.8 Å². The molecule has 0 aliphatic rings. The van der Waals surface area contributed by atoms with E-state index in [9.17, 15) is 5.11 Å². The van der Waals surface area contributed by atoms with Gasteiger partial charge in [0.25, 0.3) is 0 Å². The highest BCUT2D eigenvalue weighted by Crippen LogP contribution is 2.32. The highest BCUT2D eigenvalue weighted by atomic mass is 35.5. The number of benzene rings is 3. The van der Waals surface area contributed by atoms with Crippen LogP contribution in [-0.4, -0.2) is 26.5 Å². The summed E-state index contributed by atoms with van der Waals surface area (Å²) in [5.41, 5.74) is 3.91. The van der Waals surface area contributed by atoms with Crippen LogP contribution >= 0.6 is 35.0 Å². The molecule has 0 fully saturated rings. The van der Waals surface area contributed by atoms with Crippen LogP contribution in [0.3, 0.4) is 0 Å². The normalized spacial score (nSPS) is 12.5. The van der Waals surface area contributed by atoms with Gasteiger partial charge >= 0.3 is 0 Å². The third kappa shape index (κ3) is 4.50. The molecule has 0 radical (unpaired) electrons. The van der Waals surface area contributed by atoms with Crippen LogP contribution in [0.25, 0.3) is 33.1 Å². The molecule has 0 spiro atoms. The van der Waals surface area contributed by atoms with Crippen LogP contribution in [0, 0.1) is 0 Å². The maximum absolute atomic E-state index is 10.8. The molecule has 32 heavy (non-hydrogen) atoms. The molecule has 1 N–H and O–H groups in total. The smallest absolute Gasteiger partial charge is 0.0812 e. The number of nitrogens with zero attached hydrogens (tertiary/aromatic N) is 2. The topological polar surface area (TPSA) is 38.1 Å². The van der Waals surface area contributed by atoms with Gasteiger partial charge in [-0.05, 0) is 48.5 Å². The van der Waals surface area contributed by atoms with Crippen LogP contribution < -0.4 is 0 Å².